The van der Waals surface area contributed by atoms with Gasteiger partial charge < -0.3 is 11.1 Å². The number of alkyl halides is 2. The number of amidine groups is 1. The molecule has 0 aliphatic heterocycles. The normalized spacial score (nSPS) is 12.5. The number of hydrazine groups is 1. The minimum Gasteiger partial charge on any atom is -0.382 e. The van der Waals surface area contributed by atoms with Crippen molar-refractivity contribution in [2.75, 3.05) is 12.4 Å². The molecule has 2 aromatic rings. The predicted octanol–water partition coefficient (Wildman–Crippen LogP) is 5.86. The number of nitrogens with two attached hydrogens (primary N) is 2. The molecule has 0 saturated heterocycles. The first kappa shape index (κ1) is 28.0. The molecule has 1 atom stereocenters. The number of carbonyl (C=O) groups is 1. The van der Waals surface area contributed by atoms with E-state index in [0.29, 0.717) is 23.4 Å². The van der Waals surface area contributed by atoms with Gasteiger partial charge in [-0.15, -0.1) is 5.10 Å². The Bertz CT molecular complexity index is 921. The van der Waals surface area contributed by atoms with Crippen LogP contribution < -0.4 is 16.9 Å². The zero-order chi connectivity index (χ0) is 25.2. The number of rotatable bonds is 9. The number of hydrazone groups is 1. The molecule has 0 amide bonds. The zero-order valence-electron chi connectivity index (χ0n) is 20.5. The molecule has 0 bridgehead atoms. The highest BCUT2D eigenvalue weighted by Crippen LogP contribution is 2.30. The minimum absolute atomic E-state index is 0.0716. The van der Waals surface area contributed by atoms with E-state index in [4.69, 9.17) is 11.6 Å². The standard InChI is InChI=1S/C22H29F2N5O.C3H8/c1-5-6-20(30)14(2)15-7-12-19(18(13-15)21(25)28-29(4)26)27-17-10-8-16(9-11-17)22(3,23)24;1-3-2/h7-14,27H,5-6,26H2,1-4H3,(H2,25,28);3H2,1-2H3. The molecule has 0 aromatic heterocycles. The Balaban J connectivity index is 0.00000172. The molecule has 33 heavy (non-hydrogen) atoms. The lowest BCUT2D eigenvalue weighted by molar-refractivity contribution is -0.120. The van der Waals surface area contributed by atoms with E-state index in [0.717, 1.165) is 24.0 Å². The molecule has 182 valence electrons. The molecule has 2 aromatic carbocycles. The average molecular weight is 462 g/mol. The van der Waals surface area contributed by atoms with Crippen LogP contribution in [0.2, 0.25) is 0 Å². The molecule has 0 fully saturated rings. The van der Waals surface area contributed by atoms with E-state index >= 15 is 0 Å². The van der Waals surface area contributed by atoms with Gasteiger partial charge in [0.25, 0.3) is 5.92 Å². The summed E-state index contributed by atoms with van der Waals surface area (Å²) in [7, 11) is 1.54. The highest BCUT2D eigenvalue weighted by molar-refractivity contribution is 6.03. The molecule has 0 spiro atoms. The summed E-state index contributed by atoms with van der Waals surface area (Å²) in [5.41, 5.74) is 8.67. The second-order valence-electron chi connectivity index (χ2n) is 8.10. The van der Waals surface area contributed by atoms with Crippen molar-refractivity contribution in [3.8, 4) is 0 Å². The van der Waals surface area contributed by atoms with Gasteiger partial charge in [0.1, 0.15) is 5.78 Å². The van der Waals surface area contributed by atoms with Gasteiger partial charge in [-0.25, -0.2) is 19.7 Å². The summed E-state index contributed by atoms with van der Waals surface area (Å²) in [6.45, 7) is 8.93. The zero-order valence-corrected chi connectivity index (χ0v) is 20.5. The number of carbonyl (C=O) groups excluding carboxylic acids is 1. The number of benzene rings is 2. The van der Waals surface area contributed by atoms with Crippen LogP contribution in [0.5, 0.6) is 0 Å². The number of hydrogen-bond acceptors (Lipinski definition) is 5. The number of nitrogens with zero attached hydrogens (tertiary/aromatic N) is 2. The fourth-order valence-corrected chi connectivity index (χ4v) is 3.03. The smallest absolute Gasteiger partial charge is 0.270 e. The van der Waals surface area contributed by atoms with Crippen LogP contribution in [0.3, 0.4) is 0 Å². The Morgan fingerprint density at radius 1 is 1.15 bits per heavy atom. The maximum atomic E-state index is 13.4. The van der Waals surface area contributed by atoms with Crippen molar-refractivity contribution in [1.29, 1.82) is 0 Å². The lowest BCUT2D eigenvalue weighted by Gasteiger charge is -2.18. The van der Waals surface area contributed by atoms with Crippen LogP contribution in [0.25, 0.3) is 0 Å². The van der Waals surface area contributed by atoms with Crippen LogP contribution in [-0.2, 0) is 10.7 Å². The largest absolute Gasteiger partial charge is 0.382 e. The van der Waals surface area contributed by atoms with Crippen molar-refractivity contribution >= 4 is 23.0 Å². The molecule has 2 rings (SSSR count). The molecule has 6 nitrogen and oxygen atoms in total. The van der Waals surface area contributed by atoms with Gasteiger partial charge in [-0.2, -0.15) is 0 Å². The summed E-state index contributed by atoms with van der Waals surface area (Å²) >= 11 is 0. The Morgan fingerprint density at radius 3 is 2.21 bits per heavy atom. The van der Waals surface area contributed by atoms with Gasteiger partial charge >= 0.3 is 0 Å². The van der Waals surface area contributed by atoms with Gasteiger partial charge in [0.15, 0.2) is 5.84 Å². The number of nitrogens with one attached hydrogen (secondary N) is 1. The summed E-state index contributed by atoms with van der Waals surface area (Å²) in [5.74, 6) is 2.71. The highest BCUT2D eigenvalue weighted by atomic mass is 19.3. The first-order valence-corrected chi connectivity index (χ1v) is 11.2. The number of anilines is 2. The van der Waals surface area contributed by atoms with E-state index in [-0.39, 0.29) is 23.1 Å². The van der Waals surface area contributed by atoms with Crippen molar-refractivity contribution in [2.45, 2.75) is 65.7 Å². The molecule has 8 heteroatoms. The first-order chi connectivity index (χ1) is 15.4. The van der Waals surface area contributed by atoms with Gasteiger partial charge in [-0.05, 0) is 36.2 Å². The molecule has 0 radical (unpaired) electrons. The van der Waals surface area contributed by atoms with Crippen LogP contribution >= 0.6 is 0 Å². The van der Waals surface area contributed by atoms with E-state index in [1.807, 2.05) is 19.9 Å². The molecule has 5 N–H and O–H groups in total. The molecule has 1 unspecified atom stereocenters. The number of ketones is 1. The SMILES string of the molecule is CCC.CCCC(=O)C(C)c1ccc(Nc2ccc(C(C)(F)F)cc2)c(/C(N)=N/N(C)N)c1. The molecule has 0 aliphatic rings. The third-order valence-corrected chi connectivity index (χ3v) is 4.74. The summed E-state index contributed by atoms with van der Waals surface area (Å²) in [4.78, 5) is 12.3. The molecule has 0 saturated carbocycles. The fourth-order valence-electron chi connectivity index (χ4n) is 3.03. The quantitative estimate of drug-likeness (QED) is 0.188. The number of halogens is 2. The molecule has 0 aliphatic carbocycles. The van der Waals surface area contributed by atoms with E-state index < -0.39 is 5.92 Å². The average Bonchev–Trinajstić information content (AvgIpc) is 2.73. The number of Topliss-reactive ketones (excluding diaryl/α,β-unsaturated/α-hetero) is 1. The van der Waals surface area contributed by atoms with Gasteiger partial charge in [-0.1, -0.05) is 52.3 Å². The van der Waals surface area contributed by atoms with E-state index in [9.17, 15) is 13.6 Å². The van der Waals surface area contributed by atoms with E-state index in [1.165, 1.54) is 18.6 Å². The molecular weight excluding hydrogens is 424 g/mol. The Hall–Kier alpha value is -3.00. The number of hydrogen-bond donors (Lipinski definition) is 3. The third-order valence-electron chi connectivity index (χ3n) is 4.74. The van der Waals surface area contributed by atoms with Gasteiger partial charge in [0, 0.05) is 48.8 Å². The van der Waals surface area contributed by atoms with Crippen LogP contribution in [0.1, 0.15) is 76.5 Å². The topological polar surface area (TPSA) is 96.7 Å². The first-order valence-electron chi connectivity index (χ1n) is 11.2. The molecular formula is C25H37F2N5O. The Morgan fingerprint density at radius 2 is 1.73 bits per heavy atom. The minimum atomic E-state index is -2.91. The maximum absolute atomic E-state index is 13.4. The maximum Gasteiger partial charge on any atom is 0.270 e. The van der Waals surface area contributed by atoms with Gasteiger partial charge in [0.2, 0.25) is 0 Å². The monoisotopic (exact) mass is 461 g/mol. The van der Waals surface area contributed by atoms with Crippen molar-refractivity contribution in [1.82, 2.24) is 5.12 Å². The lowest BCUT2D eigenvalue weighted by atomic mass is 9.92. The highest BCUT2D eigenvalue weighted by Gasteiger charge is 2.23. The summed E-state index contributed by atoms with van der Waals surface area (Å²) in [5, 5.41) is 8.33. The predicted molar refractivity (Wildman–Crippen MR) is 133 cm³/mol. The van der Waals surface area contributed by atoms with Crippen LogP contribution in [0, 0.1) is 0 Å². The lowest BCUT2D eigenvalue weighted by Crippen LogP contribution is -2.26. The molecule has 0 heterocycles. The Kier molecular flexibility index (Phi) is 10.9. The van der Waals surface area contributed by atoms with Gasteiger partial charge in [-0.3, -0.25) is 4.79 Å². The Labute approximate surface area is 196 Å². The summed E-state index contributed by atoms with van der Waals surface area (Å²) < 4.78 is 26.9. The van der Waals surface area contributed by atoms with Crippen molar-refractivity contribution < 1.29 is 13.6 Å². The van der Waals surface area contributed by atoms with Crippen LogP contribution in [0.4, 0.5) is 20.2 Å². The summed E-state index contributed by atoms with van der Waals surface area (Å²) in [6, 6.07) is 11.3. The van der Waals surface area contributed by atoms with Crippen molar-refractivity contribution in [2.24, 2.45) is 16.7 Å². The van der Waals surface area contributed by atoms with Gasteiger partial charge in [0.05, 0.1) is 0 Å². The van der Waals surface area contributed by atoms with Crippen LogP contribution in [0.15, 0.2) is 47.6 Å². The van der Waals surface area contributed by atoms with E-state index in [1.54, 1.807) is 31.3 Å². The van der Waals surface area contributed by atoms with E-state index in [2.05, 4.69) is 24.3 Å². The van der Waals surface area contributed by atoms with Crippen molar-refractivity contribution in [3.63, 3.8) is 0 Å². The third kappa shape index (κ3) is 8.81. The second-order valence-corrected chi connectivity index (χ2v) is 8.10. The van der Waals surface area contributed by atoms with Crippen molar-refractivity contribution in [3.05, 3.63) is 59.2 Å². The van der Waals surface area contributed by atoms with Crippen LogP contribution in [-0.4, -0.2) is 23.8 Å². The summed E-state index contributed by atoms with van der Waals surface area (Å²) in [6.07, 6.45) is 2.53. The second kappa shape index (κ2) is 12.9. The fraction of sp³-hybridized carbons (Fsp3) is 0.440.